The van der Waals surface area contributed by atoms with Crippen LogP contribution in [0, 0.1) is 11.7 Å². The monoisotopic (exact) mass is 523 g/mol. The van der Waals surface area contributed by atoms with Gasteiger partial charge in [-0.05, 0) is 42.5 Å². The number of fused-ring (bicyclic) bond motifs is 2. The van der Waals surface area contributed by atoms with Crippen molar-refractivity contribution in [2.45, 2.75) is 44.4 Å². The van der Waals surface area contributed by atoms with Crippen LogP contribution < -0.4 is 0 Å². The number of amides is 3. The minimum absolute atomic E-state index is 0.00701. The number of Topliss-reactive ketones (excluding diaryl/α,β-unsaturated/α-hetero) is 1. The molecule has 0 spiro atoms. The number of carbonyl (C=O) groups is 4. The van der Waals surface area contributed by atoms with E-state index in [1.54, 1.807) is 0 Å². The molecule has 3 fully saturated rings. The molecule has 1 aromatic rings. The van der Waals surface area contributed by atoms with Gasteiger partial charge in [0.15, 0.2) is 0 Å². The zero-order valence-electron chi connectivity index (χ0n) is 18.9. The molecule has 1 aromatic carbocycles. The fourth-order valence-electron chi connectivity index (χ4n) is 5.14. The summed E-state index contributed by atoms with van der Waals surface area (Å²) in [6.07, 6.45) is 1.88. The standard InChI is InChI=1S/C23H23ClFN3O6S/c1-35(33,34)9-7-17-27(13-3-4-13)22(31)19-14-6-8-26(11-12-2-5-16(25)15(24)10-12)21(30)18(14)20(29)23(32)28(17)19/h2,5,10,13,17-18H,3-4,6-9,11H2,1H3. The highest BCUT2D eigenvalue weighted by Crippen LogP contribution is 2.44. The molecule has 3 amide bonds. The Morgan fingerprint density at radius 1 is 1.11 bits per heavy atom. The molecule has 35 heavy (non-hydrogen) atoms. The highest BCUT2D eigenvalue weighted by Gasteiger charge is 2.58. The first-order chi connectivity index (χ1) is 16.5. The molecular weight excluding hydrogens is 501 g/mol. The molecule has 186 valence electrons. The van der Waals surface area contributed by atoms with Crippen molar-refractivity contribution in [1.82, 2.24) is 14.7 Å². The predicted octanol–water partition coefficient (Wildman–Crippen LogP) is 1.26. The van der Waals surface area contributed by atoms with Crippen molar-refractivity contribution in [2.75, 3.05) is 18.6 Å². The van der Waals surface area contributed by atoms with Gasteiger partial charge in [-0.2, -0.15) is 0 Å². The highest BCUT2D eigenvalue weighted by atomic mass is 35.5. The van der Waals surface area contributed by atoms with Crippen molar-refractivity contribution in [3.05, 3.63) is 45.9 Å². The van der Waals surface area contributed by atoms with Gasteiger partial charge in [0.1, 0.15) is 33.4 Å². The van der Waals surface area contributed by atoms with Crippen LogP contribution in [0.3, 0.4) is 0 Å². The molecule has 2 unspecified atom stereocenters. The average Bonchev–Trinajstić information content (AvgIpc) is 3.57. The van der Waals surface area contributed by atoms with E-state index in [9.17, 15) is 32.0 Å². The van der Waals surface area contributed by atoms with Crippen molar-refractivity contribution >= 4 is 44.9 Å². The van der Waals surface area contributed by atoms with E-state index in [4.69, 9.17) is 11.6 Å². The first-order valence-corrected chi connectivity index (χ1v) is 13.8. The second kappa shape index (κ2) is 8.41. The van der Waals surface area contributed by atoms with Gasteiger partial charge in [0.05, 0.1) is 10.8 Å². The van der Waals surface area contributed by atoms with Crippen molar-refractivity contribution in [3.8, 4) is 0 Å². The van der Waals surface area contributed by atoms with Crippen molar-refractivity contribution in [1.29, 1.82) is 0 Å². The molecule has 3 heterocycles. The van der Waals surface area contributed by atoms with Gasteiger partial charge in [-0.1, -0.05) is 17.7 Å². The smallest absolute Gasteiger partial charge is 0.297 e. The largest absolute Gasteiger partial charge is 0.337 e. The summed E-state index contributed by atoms with van der Waals surface area (Å²) in [6, 6.07) is 3.95. The van der Waals surface area contributed by atoms with E-state index in [1.807, 2.05) is 0 Å². The maximum Gasteiger partial charge on any atom is 0.297 e. The molecule has 2 atom stereocenters. The number of likely N-dealkylation sites (tertiary alicyclic amines) is 1. The van der Waals surface area contributed by atoms with Gasteiger partial charge < -0.3 is 9.80 Å². The second-order valence-electron chi connectivity index (χ2n) is 9.45. The number of halogens is 2. The Balaban J connectivity index is 1.48. The lowest BCUT2D eigenvalue weighted by atomic mass is 9.82. The van der Waals surface area contributed by atoms with E-state index in [0.29, 0.717) is 11.1 Å². The fraction of sp³-hybridized carbons (Fsp3) is 0.478. The Bertz CT molecular complexity index is 1310. The molecule has 0 aromatic heterocycles. The van der Waals surface area contributed by atoms with Crippen LogP contribution in [-0.2, 0) is 35.6 Å². The predicted molar refractivity (Wildman–Crippen MR) is 122 cm³/mol. The van der Waals surface area contributed by atoms with Crippen molar-refractivity contribution in [2.24, 2.45) is 5.92 Å². The maximum absolute atomic E-state index is 13.5. The van der Waals surface area contributed by atoms with E-state index in [0.717, 1.165) is 24.0 Å². The third kappa shape index (κ3) is 4.14. The van der Waals surface area contributed by atoms with Crippen LogP contribution in [0.4, 0.5) is 4.39 Å². The van der Waals surface area contributed by atoms with Gasteiger partial charge in [0.25, 0.3) is 11.8 Å². The Kier molecular flexibility index (Phi) is 5.75. The number of benzene rings is 1. The summed E-state index contributed by atoms with van der Waals surface area (Å²) >= 11 is 5.84. The maximum atomic E-state index is 13.5. The Labute approximate surface area is 206 Å². The minimum Gasteiger partial charge on any atom is -0.337 e. The molecule has 0 bridgehead atoms. The first kappa shape index (κ1) is 23.9. The van der Waals surface area contributed by atoms with Crippen LogP contribution in [0.1, 0.15) is 31.2 Å². The van der Waals surface area contributed by atoms with Gasteiger partial charge >= 0.3 is 0 Å². The Hall–Kier alpha value is -2.79. The lowest BCUT2D eigenvalue weighted by Crippen LogP contribution is -2.55. The summed E-state index contributed by atoms with van der Waals surface area (Å²) in [7, 11) is -3.37. The number of carbonyl (C=O) groups excluding carboxylic acids is 4. The lowest BCUT2D eigenvalue weighted by Gasteiger charge is -2.39. The van der Waals surface area contributed by atoms with Crippen LogP contribution >= 0.6 is 11.6 Å². The molecule has 3 aliphatic heterocycles. The van der Waals surface area contributed by atoms with E-state index >= 15 is 0 Å². The second-order valence-corrected chi connectivity index (χ2v) is 12.1. The number of ketones is 1. The number of hydrogen-bond donors (Lipinski definition) is 0. The van der Waals surface area contributed by atoms with Crippen molar-refractivity contribution in [3.63, 3.8) is 0 Å². The van der Waals surface area contributed by atoms with Crippen LogP contribution in [-0.4, -0.2) is 77.4 Å². The summed E-state index contributed by atoms with van der Waals surface area (Å²) in [5.74, 6) is -5.15. The van der Waals surface area contributed by atoms with Gasteiger partial charge in [-0.15, -0.1) is 0 Å². The minimum atomic E-state index is -3.37. The van der Waals surface area contributed by atoms with E-state index < -0.39 is 51.2 Å². The molecule has 0 radical (unpaired) electrons. The summed E-state index contributed by atoms with van der Waals surface area (Å²) < 4.78 is 37.1. The molecule has 1 saturated carbocycles. The fourth-order valence-corrected chi connectivity index (χ4v) is 5.98. The zero-order valence-corrected chi connectivity index (χ0v) is 20.4. The quantitative estimate of drug-likeness (QED) is 0.410. The number of hydrogen-bond acceptors (Lipinski definition) is 6. The molecular formula is C23H23ClFN3O6S. The molecule has 12 heteroatoms. The topological polar surface area (TPSA) is 112 Å². The van der Waals surface area contributed by atoms with Gasteiger partial charge in [-0.3, -0.25) is 24.1 Å². The normalized spacial score (nSPS) is 24.9. The number of nitrogens with zero attached hydrogens (tertiary/aromatic N) is 3. The van der Waals surface area contributed by atoms with Crippen LogP contribution in [0.15, 0.2) is 29.5 Å². The van der Waals surface area contributed by atoms with E-state index in [2.05, 4.69) is 0 Å². The number of rotatable bonds is 6. The Morgan fingerprint density at radius 2 is 1.83 bits per heavy atom. The molecule has 4 aliphatic rings. The number of piperidine rings is 1. The molecule has 5 rings (SSSR count). The molecule has 2 saturated heterocycles. The van der Waals surface area contributed by atoms with Gasteiger partial charge in [0.2, 0.25) is 11.7 Å². The first-order valence-electron chi connectivity index (χ1n) is 11.3. The summed E-state index contributed by atoms with van der Waals surface area (Å²) in [6.45, 7) is 0.269. The summed E-state index contributed by atoms with van der Waals surface area (Å²) in [5.41, 5.74) is 0.920. The number of sulfone groups is 1. The summed E-state index contributed by atoms with van der Waals surface area (Å²) in [5, 5.41) is -0.0915. The Morgan fingerprint density at radius 3 is 2.46 bits per heavy atom. The highest BCUT2D eigenvalue weighted by molar-refractivity contribution is 7.90. The van der Waals surface area contributed by atoms with Crippen molar-refractivity contribution < 1.29 is 32.0 Å². The SMILES string of the molecule is CS(=O)(=O)CCC1N2C(=O)C(=O)C3C(=O)N(Cc4ccc(F)c(Cl)c4)CCC3=C2C(=O)N1C1CC1. The lowest BCUT2D eigenvalue weighted by molar-refractivity contribution is -0.154. The molecule has 0 N–H and O–H groups in total. The van der Waals surface area contributed by atoms with Gasteiger partial charge in [0, 0.05) is 31.8 Å². The molecule has 1 aliphatic carbocycles. The van der Waals surface area contributed by atoms with E-state index in [-0.39, 0.29) is 48.4 Å². The summed E-state index contributed by atoms with van der Waals surface area (Å²) in [4.78, 5) is 57.2. The average molecular weight is 524 g/mol. The van der Waals surface area contributed by atoms with Gasteiger partial charge in [-0.25, -0.2) is 12.8 Å². The third-order valence-corrected chi connectivity index (χ3v) is 8.16. The third-order valence-electron chi connectivity index (χ3n) is 6.90. The van der Waals surface area contributed by atoms with E-state index in [1.165, 1.54) is 28.0 Å². The van der Waals surface area contributed by atoms with Crippen LogP contribution in [0.2, 0.25) is 5.02 Å². The van der Waals surface area contributed by atoms with Crippen LogP contribution in [0.25, 0.3) is 0 Å². The zero-order chi connectivity index (χ0) is 25.2. The van der Waals surface area contributed by atoms with Crippen LogP contribution in [0.5, 0.6) is 0 Å². The molecule has 9 nitrogen and oxygen atoms in total.